The van der Waals surface area contributed by atoms with E-state index < -0.39 is 0 Å². The van der Waals surface area contributed by atoms with Crippen molar-refractivity contribution in [2.45, 2.75) is 0 Å². The molecule has 3 aromatic rings. The molecule has 4 nitrogen and oxygen atoms in total. The lowest BCUT2D eigenvalue weighted by Gasteiger charge is -1.99. The van der Waals surface area contributed by atoms with Crippen LogP contribution in [-0.4, -0.2) is 20.0 Å². The minimum Gasteiger partial charge on any atom is -0.265 e. The third kappa shape index (κ3) is 1.27. The van der Waals surface area contributed by atoms with E-state index in [2.05, 4.69) is 15.3 Å². The fourth-order valence-corrected chi connectivity index (χ4v) is 1.54. The average molecular weight is 196 g/mol. The van der Waals surface area contributed by atoms with E-state index in [1.807, 2.05) is 36.4 Å². The van der Waals surface area contributed by atoms with E-state index in [9.17, 15) is 0 Å². The summed E-state index contributed by atoms with van der Waals surface area (Å²) in [5.41, 5.74) is 2.87. The molecule has 0 atom stereocenters. The van der Waals surface area contributed by atoms with Crippen molar-refractivity contribution in [2.24, 2.45) is 0 Å². The number of hydrogen-bond acceptors (Lipinski definition) is 3. The van der Waals surface area contributed by atoms with Crippen molar-refractivity contribution in [1.29, 1.82) is 0 Å². The van der Waals surface area contributed by atoms with Gasteiger partial charge in [0.2, 0.25) is 0 Å². The second-order valence-electron chi connectivity index (χ2n) is 3.20. The van der Waals surface area contributed by atoms with Gasteiger partial charge in [0.1, 0.15) is 5.52 Å². The predicted octanol–water partition coefficient (Wildman–Crippen LogP) is 1.82. The zero-order valence-electron chi connectivity index (χ0n) is 7.91. The highest BCUT2D eigenvalue weighted by Gasteiger charge is 2.03. The van der Waals surface area contributed by atoms with Gasteiger partial charge in [-0.25, -0.2) is 4.68 Å². The second kappa shape index (κ2) is 3.16. The van der Waals surface area contributed by atoms with Crippen LogP contribution in [0.3, 0.4) is 0 Å². The van der Waals surface area contributed by atoms with Crippen molar-refractivity contribution < 1.29 is 0 Å². The topological polar surface area (TPSA) is 43.6 Å². The highest BCUT2D eigenvalue weighted by atomic mass is 15.4. The lowest BCUT2D eigenvalue weighted by molar-refractivity contribution is 0.822. The zero-order chi connectivity index (χ0) is 10.1. The van der Waals surface area contributed by atoms with Gasteiger partial charge in [-0.3, -0.25) is 4.98 Å². The van der Waals surface area contributed by atoms with Crippen molar-refractivity contribution >= 4 is 11.0 Å². The molecule has 0 saturated heterocycles. The van der Waals surface area contributed by atoms with Gasteiger partial charge in [0.25, 0.3) is 0 Å². The summed E-state index contributed by atoms with van der Waals surface area (Å²) in [6.07, 6.45) is 3.48. The maximum Gasteiger partial charge on any atom is 0.113 e. The molecular weight excluding hydrogens is 188 g/mol. The van der Waals surface area contributed by atoms with E-state index in [4.69, 9.17) is 0 Å². The first-order chi connectivity index (χ1) is 7.45. The summed E-state index contributed by atoms with van der Waals surface area (Å²) in [7, 11) is 0. The number of nitrogens with zero attached hydrogens (tertiary/aromatic N) is 4. The van der Waals surface area contributed by atoms with Crippen LogP contribution in [0.15, 0.2) is 48.8 Å². The SMILES string of the molecule is c1ccc2c(c1)nnn2-c1ccncc1. The highest BCUT2D eigenvalue weighted by molar-refractivity contribution is 5.75. The number of hydrogen-bond donors (Lipinski definition) is 0. The third-order valence-electron chi connectivity index (χ3n) is 2.26. The molecule has 15 heavy (non-hydrogen) atoms. The lowest BCUT2D eigenvalue weighted by Crippen LogP contribution is -1.95. The Bertz CT molecular complexity index is 586. The number of rotatable bonds is 1. The number of aromatic nitrogens is 4. The van der Waals surface area contributed by atoms with Crippen molar-refractivity contribution in [3.05, 3.63) is 48.8 Å². The molecule has 72 valence electrons. The summed E-state index contributed by atoms with van der Waals surface area (Å²) >= 11 is 0. The Balaban J connectivity index is 2.28. The summed E-state index contributed by atoms with van der Waals surface area (Å²) in [4.78, 5) is 3.97. The first-order valence-corrected chi connectivity index (χ1v) is 4.66. The molecule has 2 heterocycles. The maximum atomic E-state index is 4.10. The molecular formula is C11H8N4. The first kappa shape index (κ1) is 8.11. The van der Waals surface area contributed by atoms with Crippen LogP contribution in [0.5, 0.6) is 0 Å². The molecule has 0 aliphatic rings. The van der Waals surface area contributed by atoms with Crippen molar-refractivity contribution in [3.8, 4) is 5.69 Å². The van der Waals surface area contributed by atoms with E-state index in [-0.39, 0.29) is 0 Å². The molecule has 1 aromatic carbocycles. The molecule has 0 unspecified atom stereocenters. The largest absolute Gasteiger partial charge is 0.265 e. The molecule has 0 fully saturated rings. The Hall–Kier alpha value is -2.23. The fraction of sp³-hybridized carbons (Fsp3) is 0. The van der Waals surface area contributed by atoms with Crippen LogP contribution in [0.2, 0.25) is 0 Å². The van der Waals surface area contributed by atoms with Gasteiger partial charge in [0, 0.05) is 12.4 Å². The van der Waals surface area contributed by atoms with Crippen LogP contribution in [0, 0.1) is 0 Å². The zero-order valence-corrected chi connectivity index (χ0v) is 7.91. The number of para-hydroxylation sites is 1. The van der Waals surface area contributed by atoms with Gasteiger partial charge in [-0.05, 0) is 24.3 Å². The van der Waals surface area contributed by atoms with Gasteiger partial charge in [-0.2, -0.15) is 0 Å². The minimum absolute atomic E-state index is 0.898. The summed E-state index contributed by atoms with van der Waals surface area (Å²) in [5, 5.41) is 8.19. The van der Waals surface area contributed by atoms with Gasteiger partial charge in [0.15, 0.2) is 0 Å². The van der Waals surface area contributed by atoms with Crippen LogP contribution in [0.4, 0.5) is 0 Å². The van der Waals surface area contributed by atoms with Gasteiger partial charge < -0.3 is 0 Å². The second-order valence-corrected chi connectivity index (χ2v) is 3.20. The number of benzene rings is 1. The Morgan fingerprint density at radius 1 is 0.933 bits per heavy atom. The van der Waals surface area contributed by atoms with Crippen molar-refractivity contribution in [3.63, 3.8) is 0 Å². The summed E-state index contributed by atoms with van der Waals surface area (Å²) in [6, 6.07) is 11.7. The van der Waals surface area contributed by atoms with Crippen LogP contribution in [-0.2, 0) is 0 Å². The predicted molar refractivity (Wildman–Crippen MR) is 56.7 cm³/mol. The summed E-state index contributed by atoms with van der Waals surface area (Å²) in [5.74, 6) is 0. The van der Waals surface area contributed by atoms with Crippen LogP contribution in [0.25, 0.3) is 16.7 Å². The number of pyridine rings is 1. The molecule has 0 aliphatic heterocycles. The molecule has 3 rings (SSSR count). The smallest absolute Gasteiger partial charge is 0.113 e. The number of fused-ring (bicyclic) bond motifs is 1. The molecule has 0 saturated carbocycles. The molecule has 2 aromatic heterocycles. The Kier molecular flexibility index (Phi) is 1.71. The van der Waals surface area contributed by atoms with Gasteiger partial charge in [0.05, 0.1) is 11.2 Å². The molecule has 0 bridgehead atoms. The van der Waals surface area contributed by atoms with Crippen LogP contribution >= 0.6 is 0 Å². The standard InChI is InChI=1S/C11H8N4/c1-2-4-11-10(3-1)13-14-15(11)9-5-7-12-8-6-9/h1-8H. The Morgan fingerprint density at radius 2 is 1.73 bits per heavy atom. The van der Waals surface area contributed by atoms with E-state index in [0.29, 0.717) is 0 Å². The molecule has 0 aliphatic carbocycles. The van der Waals surface area contributed by atoms with Gasteiger partial charge in [-0.1, -0.05) is 17.3 Å². The molecule has 0 spiro atoms. The Labute approximate surface area is 86.2 Å². The lowest BCUT2D eigenvalue weighted by atomic mass is 10.3. The van der Waals surface area contributed by atoms with Crippen molar-refractivity contribution in [1.82, 2.24) is 20.0 Å². The molecule has 0 N–H and O–H groups in total. The van der Waals surface area contributed by atoms with Crippen LogP contribution < -0.4 is 0 Å². The average Bonchev–Trinajstić information content (AvgIpc) is 2.74. The quantitative estimate of drug-likeness (QED) is 0.596. The first-order valence-electron chi connectivity index (χ1n) is 4.66. The van der Waals surface area contributed by atoms with E-state index in [1.165, 1.54) is 0 Å². The molecule has 0 radical (unpaired) electrons. The third-order valence-corrected chi connectivity index (χ3v) is 2.26. The normalized spacial score (nSPS) is 10.7. The van der Waals surface area contributed by atoms with E-state index in [0.717, 1.165) is 16.7 Å². The van der Waals surface area contributed by atoms with Gasteiger partial charge >= 0.3 is 0 Å². The summed E-state index contributed by atoms with van der Waals surface area (Å²) in [6.45, 7) is 0. The van der Waals surface area contributed by atoms with E-state index in [1.54, 1.807) is 17.1 Å². The Morgan fingerprint density at radius 3 is 2.60 bits per heavy atom. The minimum atomic E-state index is 0.898. The molecule has 0 amide bonds. The van der Waals surface area contributed by atoms with Crippen LogP contribution in [0.1, 0.15) is 0 Å². The van der Waals surface area contributed by atoms with Crippen molar-refractivity contribution in [2.75, 3.05) is 0 Å². The summed E-state index contributed by atoms with van der Waals surface area (Å²) < 4.78 is 1.80. The van der Waals surface area contributed by atoms with E-state index >= 15 is 0 Å². The van der Waals surface area contributed by atoms with Gasteiger partial charge in [-0.15, -0.1) is 5.10 Å². The molecule has 4 heteroatoms. The fourth-order valence-electron chi connectivity index (χ4n) is 1.54. The monoisotopic (exact) mass is 196 g/mol. The maximum absolute atomic E-state index is 4.10. The highest BCUT2D eigenvalue weighted by Crippen LogP contribution is 2.14.